The van der Waals surface area contributed by atoms with Crippen LogP contribution in [0.2, 0.25) is 10.0 Å². The minimum Gasteiger partial charge on any atom is -0.329 e. The van der Waals surface area contributed by atoms with Gasteiger partial charge in [0, 0.05) is 12.6 Å². The van der Waals surface area contributed by atoms with Crippen LogP contribution in [0, 0.1) is 0 Å². The highest BCUT2D eigenvalue weighted by molar-refractivity contribution is 6.42. The molecule has 0 fully saturated rings. The summed E-state index contributed by atoms with van der Waals surface area (Å²) in [7, 11) is 0. The van der Waals surface area contributed by atoms with E-state index in [1.807, 2.05) is 13.0 Å². The second-order valence-corrected chi connectivity index (χ2v) is 3.98. The van der Waals surface area contributed by atoms with Crippen LogP contribution in [0.15, 0.2) is 12.1 Å². The zero-order valence-corrected chi connectivity index (χ0v) is 9.57. The second-order valence-electron chi connectivity index (χ2n) is 3.16. The number of rotatable bonds is 3. The first-order valence-electron chi connectivity index (χ1n) is 4.53. The molecule has 2 nitrogen and oxygen atoms in total. The number of aryl methyl sites for hydroxylation is 1. The van der Waals surface area contributed by atoms with Crippen molar-refractivity contribution >= 4 is 23.2 Å². The third-order valence-corrected chi connectivity index (χ3v) is 2.94. The molecule has 1 rings (SSSR count). The van der Waals surface area contributed by atoms with Gasteiger partial charge in [-0.3, -0.25) is 0 Å². The highest BCUT2D eigenvalue weighted by Crippen LogP contribution is 2.28. The van der Waals surface area contributed by atoms with Crippen molar-refractivity contribution in [3.63, 3.8) is 0 Å². The van der Waals surface area contributed by atoms with Gasteiger partial charge in [0.05, 0.1) is 10.0 Å². The van der Waals surface area contributed by atoms with Crippen LogP contribution in [0.3, 0.4) is 0 Å². The van der Waals surface area contributed by atoms with Gasteiger partial charge in [-0.05, 0) is 29.7 Å². The van der Waals surface area contributed by atoms with E-state index >= 15 is 0 Å². The normalized spacial score (nSPS) is 12.9. The van der Waals surface area contributed by atoms with Crippen LogP contribution >= 0.6 is 23.2 Å². The summed E-state index contributed by atoms with van der Waals surface area (Å²) in [6.45, 7) is 2.46. The van der Waals surface area contributed by atoms with Gasteiger partial charge in [-0.1, -0.05) is 30.1 Å². The summed E-state index contributed by atoms with van der Waals surface area (Å²) in [5, 5.41) is 1.10. The molecule has 4 heteroatoms. The average Bonchev–Trinajstić information content (AvgIpc) is 2.20. The monoisotopic (exact) mass is 232 g/mol. The Morgan fingerprint density at radius 3 is 2.36 bits per heavy atom. The smallest absolute Gasteiger partial charge is 0.0595 e. The highest BCUT2D eigenvalue weighted by atomic mass is 35.5. The second kappa shape index (κ2) is 4.99. The Labute approximate surface area is 94.2 Å². The highest BCUT2D eigenvalue weighted by Gasteiger charge is 2.11. The molecule has 0 heterocycles. The standard InChI is InChI=1S/C10H14Cl2N2/c1-2-6-3-8(11)9(12)4-7(6)10(14)5-13/h3-4,10H,2,5,13-14H2,1H3/t10-/m0/s1. The molecule has 0 aliphatic heterocycles. The van der Waals surface area contributed by atoms with Crippen LogP contribution in [0.5, 0.6) is 0 Å². The van der Waals surface area contributed by atoms with Crippen LogP contribution in [-0.4, -0.2) is 6.54 Å². The number of halogens is 2. The molecule has 1 atom stereocenters. The van der Waals surface area contributed by atoms with E-state index in [1.54, 1.807) is 6.07 Å². The fraction of sp³-hybridized carbons (Fsp3) is 0.400. The molecule has 0 aliphatic carbocycles. The lowest BCUT2D eigenvalue weighted by Crippen LogP contribution is -2.22. The van der Waals surface area contributed by atoms with Crippen LogP contribution < -0.4 is 11.5 Å². The summed E-state index contributed by atoms with van der Waals surface area (Å²) in [6, 6.07) is 3.49. The zero-order chi connectivity index (χ0) is 10.7. The third-order valence-electron chi connectivity index (χ3n) is 2.22. The lowest BCUT2D eigenvalue weighted by molar-refractivity contribution is 0.727. The molecule has 0 unspecified atom stereocenters. The van der Waals surface area contributed by atoms with Crippen molar-refractivity contribution in [1.82, 2.24) is 0 Å². The Bertz CT molecular complexity index is 326. The largest absolute Gasteiger partial charge is 0.329 e. The molecule has 0 bridgehead atoms. The Morgan fingerprint density at radius 1 is 1.29 bits per heavy atom. The summed E-state index contributed by atoms with van der Waals surface area (Å²) >= 11 is 11.8. The fourth-order valence-corrected chi connectivity index (χ4v) is 1.74. The maximum absolute atomic E-state index is 5.92. The molecule has 4 N–H and O–H groups in total. The van der Waals surface area contributed by atoms with Crippen molar-refractivity contribution < 1.29 is 0 Å². The van der Waals surface area contributed by atoms with E-state index in [0.717, 1.165) is 17.5 Å². The molecule has 0 spiro atoms. The Hall–Kier alpha value is -0.280. The van der Waals surface area contributed by atoms with E-state index in [1.165, 1.54) is 0 Å². The summed E-state index contributed by atoms with van der Waals surface area (Å²) in [6.07, 6.45) is 0.875. The van der Waals surface area contributed by atoms with Gasteiger partial charge in [-0.15, -0.1) is 0 Å². The van der Waals surface area contributed by atoms with Crippen LogP contribution in [0.25, 0.3) is 0 Å². The fourth-order valence-electron chi connectivity index (χ4n) is 1.38. The van der Waals surface area contributed by atoms with Gasteiger partial charge in [0.1, 0.15) is 0 Å². The average molecular weight is 233 g/mol. The Morgan fingerprint density at radius 2 is 1.86 bits per heavy atom. The van der Waals surface area contributed by atoms with Gasteiger partial charge < -0.3 is 11.5 Å². The van der Waals surface area contributed by atoms with Gasteiger partial charge in [-0.25, -0.2) is 0 Å². The SMILES string of the molecule is CCc1cc(Cl)c(Cl)cc1[C@@H](N)CN. The minimum atomic E-state index is -0.167. The number of benzene rings is 1. The van der Waals surface area contributed by atoms with Crippen molar-refractivity contribution in [2.45, 2.75) is 19.4 Å². The summed E-state index contributed by atoms with van der Waals surface area (Å²) in [4.78, 5) is 0. The van der Waals surface area contributed by atoms with Gasteiger partial charge in [0.15, 0.2) is 0 Å². The van der Waals surface area contributed by atoms with Crippen molar-refractivity contribution in [3.05, 3.63) is 33.3 Å². The minimum absolute atomic E-state index is 0.167. The van der Waals surface area contributed by atoms with Gasteiger partial charge >= 0.3 is 0 Å². The molecule has 0 saturated heterocycles. The van der Waals surface area contributed by atoms with Crippen molar-refractivity contribution in [1.29, 1.82) is 0 Å². The molecular weight excluding hydrogens is 219 g/mol. The maximum Gasteiger partial charge on any atom is 0.0595 e. The Balaban J connectivity index is 3.19. The lowest BCUT2D eigenvalue weighted by atomic mass is 9.99. The lowest BCUT2D eigenvalue weighted by Gasteiger charge is -2.15. The molecule has 0 radical (unpaired) electrons. The van der Waals surface area contributed by atoms with Gasteiger partial charge in [0.25, 0.3) is 0 Å². The quantitative estimate of drug-likeness (QED) is 0.842. The van der Waals surface area contributed by atoms with Gasteiger partial charge in [-0.2, -0.15) is 0 Å². The number of hydrogen-bond acceptors (Lipinski definition) is 2. The summed E-state index contributed by atoms with van der Waals surface area (Å²) in [5.41, 5.74) is 13.5. The van der Waals surface area contributed by atoms with E-state index in [9.17, 15) is 0 Å². The third kappa shape index (κ3) is 2.39. The van der Waals surface area contributed by atoms with E-state index in [-0.39, 0.29) is 6.04 Å². The molecular formula is C10H14Cl2N2. The van der Waals surface area contributed by atoms with E-state index in [4.69, 9.17) is 34.7 Å². The molecule has 14 heavy (non-hydrogen) atoms. The molecule has 0 aliphatic rings. The predicted molar refractivity (Wildman–Crippen MR) is 61.8 cm³/mol. The van der Waals surface area contributed by atoms with Gasteiger partial charge in [0.2, 0.25) is 0 Å². The van der Waals surface area contributed by atoms with E-state index in [0.29, 0.717) is 16.6 Å². The molecule has 0 saturated carbocycles. The Kier molecular flexibility index (Phi) is 4.20. The van der Waals surface area contributed by atoms with Crippen molar-refractivity contribution in [2.75, 3.05) is 6.54 Å². The maximum atomic E-state index is 5.92. The van der Waals surface area contributed by atoms with Crippen LogP contribution in [0.4, 0.5) is 0 Å². The summed E-state index contributed by atoms with van der Waals surface area (Å²) < 4.78 is 0. The molecule has 1 aromatic carbocycles. The predicted octanol–water partition coefficient (Wildman–Crippen LogP) is 2.51. The van der Waals surface area contributed by atoms with E-state index < -0.39 is 0 Å². The number of hydrogen-bond donors (Lipinski definition) is 2. The van der Waals surface area contributed by atoms with Crippen LogP contribution in [-0.2, 0) is 6.42 Å². The molecule has 1 aromatic rings. The number of nitrogens with two attached hydrogens (primary N) is 2. The first-order chi connectivity index (χ1) is 6.60. The zero-order valence-electron chi connectivity index (χ0n) is 8.06. The molecule has 0 aromatic heterocycles. The molecule has 0 amide bonds. The van der Waals surface area contributed by atoms with Crippen molar-refractivity contribution in [2.24, 2.45) is 11.5 Å². The first-order valence-corrected chi connectivity index (χ1v) is 5.29. The van der Waals surface area contributed by atoms with Crippen molar-refractivity contribution in [3.8, 4) is 0 Å². The first kappa shape index (κ1) is 11.8. The van der Waals surface area contributed by atoms with Crippen LogP contribution in [0.1, 0.15) is 24.1 Å². The topological polar surface area (TPSA) is 52.0 Å². The summed E-state index contributed by atoms with van der Waals surface area (Å²) in [5.74, 6) is 0. The van der Waals surface area contributed by atoms with E-state index in [2.05, 4.69) is 0 Å². The molecule has 78 valence electrons.